The van der Waals surface area contributed by atoms with Crippen molar-refractivity contribution in [1.29, 1.82) is 5.26 Å². The maximum Gasteiger partial charge on any atom is 0.329 e. The second-order valence-corrected chi connectivity index (χ2v) is 7.00. The van der Waals surface area contributed by atoms with Crippen molar-refractivity contribution in [3.63, 3.8) is 0 Å². The van der Waals surface area contributed by atoms with E-state index in [1.165, 1.54) is 28.4 Å². The summed E-state index contributed by atoms with van der Waals surface area (Å²) in [7, 11) is 0. The van der Waals surface area contributed by atoms with E-state index < -0.39 is 11.2 Å². The monoisotopic (exact) mass is 378 g/mol. The van der Waals surface area contributed by atoms with Crippen LogP contribution in [0.4, 0.5) is 0 Å². The third kappa shape index (κ3) is 2.88. The minimum atomic E-state index is -0.470. The van der Waals surface area contributed by atoms with Gasteiger partial charge in [-0.05, 0) is 30.5 Å². The molecule has 0 aliphatic rings. The third-order valence-corrected chi connectivity index (χ3v) is 5.74. The molecule has 0 radical (unpaired) electrons. The maximum atomic E-state index is 12.4. The van der Waals surface area contributed by atoms with Gasteiger partial charge in [-0.3, -0.25) is 14.3 Å². The van der Waals surface area contributed by atoms with Gasteiger partial charge < -0.3 is 4.42 Å². The number of hydrogen-bond donors (Lipinski definition) is 1. The van der Waals surface area contributed by atoms with Crippen LogP contribution in [-0.2, 0) is 13.0 Å². The van der Waals surface area contributed by atoms with Crippen molar-refractivity contribution in [3.05, 3.63) is 74.3 Å². The normalized spacial score (nSPS) is 11.0. The van der Waals surface area contributed by atoms with Crippen molar-refractivity contribution in [1.82, 2.24) is 14.5 Å². The standard InChI is InChI=1S/C19H14N4O3S/c1-11-14-16(24)22-19(25)23(8-6-12-4-2-3-5-13(12)10-20)18(14)27-15(11)17-21-7-9-26-17/h2-5,7,9H,6,8H2,1H3,(H,22,24,25). The van der Waals surface area contributed by atoms with Crippen molar-refractivity contribution in [3.8, 4) is 16.8 Å². The summed E-state index contributed by atoms with van der Waals surface area (Å²) < 4.78 is 6.90. The first-order valence-electron chi connectivity index (χ1n) is 8.24. The number of oxazole rings is 1. The van der Waals surface area contributed by atoms with Gasteiger partial charge in [0.25, 0.3) is 5.56 Å². The molecule has 0 saturated carbocycles. The van der Waals surface area contributed by atoms with Gasteiger partial charge in [0.05, 0.1) is 28.1 Å². The van der Waals surface area contributed by atoms with Crippen molar-refractivity contribution in [2.75, 3.05) is 0 Å². The predicted octanol–water partition coefficient (Wildman–Crippen LogP) is 2.83. The zero-order chi connectivity index (χ0) is 19.0. The summed E-state index contributed by atoms with van der Waals surface area (Å²) in [5.74, 6) is 0.418. The quantitative estimate of drug-likeness (QED) is 0.588. The first-order valence-corrected chi connectivity index (χ1v) is 9.06. The van der Waals surface area contributed by atoms with Crippen LogP contribution in [0, 0.1) is 18.3 Å². The summed E-state index contributed by atoms with van der Waals surface area (Å²) in [6.07, 6.45) is 3.50. The third-order valence-electron chi connectivity index (χ3n) is 4.44. The van der Waals surface area contributed by atoms with Gasteiger partial charge in [-0.2, -0.15) is 5.26 Å². The Kier molecular flexibility index (Phi) is 4.22. The average molecular weight is 378 g/mol. The Balaban J connectivity index is 1.83. The Hall–Kier alpha value is -3.44. The van der Waals surface area contributed by atoms with Gasteiger partial charge in [0, 0.05) is 6.54 Å². The Bertz CT molecular complexity index is 1290. The van der Waals surface area contributed by atoms with Gasteiger partial charge in [-0.1, -0.05) is 18.2 Å². The molecule has 0 spiro atoms. The average Bonchev–Trinajstić information content (AvgIpc) is 3.30. The number of nitrogens with zero attached hydrogens (tertiary/aromatic N) is 3. The molecule has 4 rings (SSSR count). The molecule has 0 saturated heterocycles. The molecule has 0 aliphatic carbocycles. The smallest absolute Gasteiger partial charge is 0.329 e. The second-order valence-electron chi connectivity index (χ2n) is 6.00. The highest BCUT2D eigenvalue weighted by Gasteiger charge is 2.19. The zero-order valence-electron chi connectivity index (χ0n) is 14.4. The number of aryl methyl sites for hydroxylation is 3. The summed E-state index contributed by atoms with van der Waals surface area (Å²) in [4.78, 5) is 32.7. The highest BCUT2D eigenvalue weighted by molar-refractivity contribution is 7.22. The van der Waals surface area contributed by atoms with Gasteiger partial charge in [0.1, 0.15) is 11.1 Å². The first-order chi connectivity index (χ1) is 13.1. The van der Waals surface area contributed by atoms with E-state index in [2.05, 4.69) is 16.0 Å². The molecular weight excluding hydrogens is 364 g/mol. The number of aromatic amines is 1. The topological polar surface area (TPSA) is 105 Å². The summed E-state index contributed by atoms with van der Waals surface area (Å²) in [6, 6.07) is 9.44. The molecule has 3 aromatic heterocycles. The second kappa shape index (κ2) is 6.70. The van der Waals surface area contributed by atoms with Crippen LogP contribution in [0.25, 0.3) is 21.0 Å². The molecule has 0 atom stereocenters. The predicted molar refractivity (Wildman–Crippen MR) is 102 cm³/mol. The lowest BCUT2D eigenvalue weighted by Gasteiger charge is -2.08. The van der Waals surface area contributed by atoms with Crippen LogP contribution < -0.4 is 11.2 Å². The molecule has 0 aliphatic heterocycles. The minimum absolute atomic E-state index is 0.343. The molecule has 3 heterocycles. The highest BCUT2D eigenvalue weighted by atomic mass is 32.1. The number of aromatic nitrogens is 3. The fourth-order valence-corrected chi connectivity index (χ4v) is 4.37. The van der Waals surface area contributed by atoms with E-state index in [0.29, 0.717) is 34.6 Å². The molecule has 4 aromatic rings. The van der Waals surface area contributed by atoms with Crippen LogP contribution in [0.1, 0.15) is 16.7 Å². The summed E-state index contributed by atoms with van der Waals surface area (Å²) >= 11 is 1.30. The molecule has 0 fully saturated rings. The lowest BCUT2D eigenvalue weighted by molar-refractivity contribution is 0.576. The number of rotatable bonds is 4. The van der Waals surface area contributed by atoms with Crippen LogP contribution in [-0.4, -0.2) is 14.5 Å². The van der Waals surface area contributed by atoms with E-state index >= 15 is 0 Å². The number of H-pyrrole nitrogens is 1. The molecule has 0 amide bonds. The molecule has 0 bridgehead atoms. The Morgan fingerprint density at radius 1 is 1.33 bits per heavy atom. The van der Waals surface area contributed by atoms with Gasteiger partial charge in [0.2, 0.25) is 5.89 Å². The SMILES string of the molecule is Cc1c(-c2ncco2)sc2c1c(=O)[nH]c(=O)n2CCc1ccccc1C#N. The molecule has 7 nitrogen and oxygen atoms in total. The lowest BCUT2D eigenvalue weighted by Crippen LogP contribution is -2.30. The molecular formula is C19H14N4O3S. The van der Waals surface area contributed by atoms with Crippen molar-refractivity contribution >= 4 is 21.6 Å². The van der Waals surface area contributed by atoms with Crippen LogP contribution in [0.5, 0.6) is 0 Å². The fourth-order valence-electron chi connectivity index (χ4n) is 3.10. The van der Waals surface area contributed by atoms with Gasteiger partial charge >= 0.3 is 5.69 Å². The Morgan fingerprint density at radius 3 is 2.89 bits per heavy atom. The van der Waals surface area contributed by atoms with E-state index in [0.717, 1.165) is 16.0 Å². The molecule has 1 N–H and O–H groups in total. The van der Waals surface area contributed by atoms with E-state index in [4.69, 9.17) is 4.42 Å². The molecule has 0 unspecified atom stereocenters. The summed E-state index contributed by atoms with van der Waals surface area (Å²) in [5.41, 5.74) is 1.27. The fraction of sp³-hybridized carbons (Fsp3) is 0.158. The minimum Gasteiger partial charge on any atom is -0.444 e. The highest BCUT2D eigenvalue weighted by Crippen LogP contribution is 2.35. The molecule has 8 heteroatoms. The Morgan fingerprint density at radius 2 is 2.15 bits per heavy atom. The van der Waals surface area contributed by atoms with Crippen LogP contribution >= 0.6 is 11.3 Å². The first kappa shape index (κ1) is 17.0. The molecule has 27 heavy (non-hydrogen) atoms. The van der Waals surface area contributed by atoms with E-state index in [9.17, 15) is 14.9 Å². The van der Waals surface area contributed by atoms with Crippen molar-refractivity contribution in [2.24, 2.45) is 0 Å². The van der Waals surface area contributed by atoms with E-state index in [1.54, 1.807) is 12.1 Å². The van der Waals surface area contributed by atoms with Crippen molar-refractivity contribution < 1.29 is 4.42 Å². The summed E-state index contributed by atoms with van der Waals surface area (Å²) in [6.45, 7) is 2.16. The Labute approximate surface area is 157 Å². The van der Waals surface area contributed by atoms with Gasteiger partial charge in [0.15, 0.2) is 0 Å². The molecule has 1 aromatic carbocycles. The molecule has 134 valence electrons. The van der Waals surface area contributed by atoms with Crippen LogP contribution in [0.3, 0.4) is 0 Å². The van der Waals surface area contributed by atoms with Crippen LogP contribution in [0.15, 0.2) is 50.7 Å². The zero-order valence-corrected chi connectivity index (χ0v) is 15.2. The van der Waals surface area contributed by atoms with Gasteiger partial charge in [-0.25, -0.2) is 9.78 Å². The van der Waals surface area contributed by atoms with E-state index in [1.807, 2.05) is 19.1 Å². The largest absolute Gasteiger partial charge is 0.444 e. The lowest BCUT2D eigenvalue weighted by atomic mass is 10.1. The van der Waals surface area contributed by atoms with Crippen molar-refractivity contribution in [2.45, 2.75) is 19.9 Å². The van der Waals surface area contributed by atoms with Gasteiger partial charge in [-0.15, -0.1) is 11.3 Å². The van der Waals surface area contributed by atoms with E-state index in [-0.39, 0.29) is 0 Å². The number of fused-ring (bicyclic) bond motifs is 1. The maximum absolute atomic E-state index is 12.4. The summed E-state index contributed by atoms with van der Waals surface area (Å²) in [5, 5.41) is 9.70. The number of nitriles is 1. The number of hydrogen-bond acceptors (Lipinski definition) is 6. The number of nitrogens with one attached hydrogen (secondary N) is 1. The number of benzene rings is 1. The van der Waals surface area contributed by atoms with Crippen LogP contribution in [0.2, 0.25) is 0 Å². The number of thiophene rings is 1.